The Labute approximate surface area is 231 Å². The zero-order valence-corrected chi connectivity index (χ0v) is 23.4. The van der Waals surface area contributed by atoms with E-state index in [1.807, 2.05) is 0 Å². The van der Waals surface area contributed by atoms with Crippen molar-refractivity contribution < 1.29 is 31.2 Å². The lowest BCUT2D eigenvalue weighted by Gasteiger charge is -2.27. The quantitative estimate of drug-likeness (QED) is 0.235. The number of halogens is 1. The summed E-state index contributed by atoms with van der Waals surface area (Å²) in [5.41, 5.74) is 1.58. The zero-order valence-electron chi connectivity index (χ0n) is 21.7. The van der Waals surface area contributed by atoms with Crippen LogP contribution in [0.1, 0.15) is 35.7 Å². The Hall–Kier alpha value is -3.67. The number of aromatic nitrogens is 2. The molecule has 40 heavy (non-hydrogen) atoms. The number of nitrogens with two attached hydrogens (primary N) is 1. The smallest absolute Gasteiger partial charge is 0.333 e. The van der Waals surface area contributed by atoms with Crippen LogP contribution in [0.2, 0.25) is 0 Å². The highest BCUT2D eigenvalue weighted by atomic mass is 32.2. The summed E-state index contributed by atoms with van der Waals surface area (Å²) >= 11 is 0. The van der Waals surface area contributed by atoms with Crippen LogP contribution in [0, 0.1) is 5.82 Å². The molecule has 0 bridgehead atoms. The van der Waals surface area contributed by atoms with E-state index >= 15 is 0 Å². The van der Waals surface area contributed by atoms with E-state index < -0.39 is 35.1 Å². The average Bonchev–Trinajstić information content (AvgIpc) is 3.38. The second kappa shape index (κ2) is 12.2. The van der Waals surface area contributed by atoms with Crippen molar-refractivity contribution in [2.24, 2.45) is 5.14 Å². The minimum atomic E-state index is -3.93. The third-order valence-corrected chi connectivity index (χ3v) is 9.01. The van der Waals surface area contributed by atoms with Gasteiger partial charge >= 0.3 is 7.60 Å². The molecule has 1 atom stereocenters. The summed E-state index contributed by atoms with van der Waals surface area (Å²) in [6, 6.07) is 21.3. The van der Waals surface area contributed by atoms with Gasteiger partial charge in [0.1, 0.15) is 5.82 Å². The Bertz CT molecular complexity index is 1640. The Morgan fingerprint density at radius 1 is 1.00 bits per heavy atom. The Kier molecular flexibility index (Phi) is 8.97. The maximum absolute atomic E-state index is 14.1. The summed E-state index contributed by atoms with van der Waals surface area (Å²) in [4.78, 5) is 13.5. The molecule has 1 heterocycles. The normalized spacial score (nSPS) is 12.7. The number of rotatable bonds is 11. The zero-order chi connectivity index (χ0) is 28.9. The third-order valence-electron chi connectivity index (χ3n) is 5.79. The molecule has 1 aromatic heterocycles. The molecule has 13 heteroatoms. The van der Waals surface area contributed by atoms with Crippen molar-refractivity contribution in [2.45, 2.75) is 24.5 Å². The monoisotopic (exact) mass is 586 g/mol. The fourth-order valence-corrected chi connectivity index (χ4v) is 6.46. The Morgan fingerprint density at radius 3 is 2.23 bits per heavy atom. The predicted octanol–water partition coefficient (Wildman–Crippen LogP) is 5.02. The molecular formula is C27H28FN4O6PS. The largest absolute Gasteiger partial charge is 0.357 e. The number of hydrogen-bond donors (Lipinski definition) is 2. The summed E-state index contributed by atoms with van der Waals surface area (Å²) in [5.74, 6) is -2.33. The van der Waals surface area contributed by atoms with Gasteiger partial charge in [0.2, 0.25) is 10.0 Å². The van der Waals surface area contributed by atoms with Crippen LogP contribution in [0.25, 0.3) is 16.9 Å². The van der Waals surface area contributed by atoms with Crippen LogP contribution in [-0.2, 0) is 23.6 Å². The van der Waals surface area contributed by atoms with Crippen molar-refractivity contribution in [2.75, 3.05) is 13.2 Å². The fraction of sp³-hybridized carbons (Fsp3) is 0.185. The van der Waals surface area contributed by atoms with Crippen LogP contribution in [0.4, 0.5) is 4.39 Å². The SMILES string of the molecule is CCOP(=O)(OCC)C(NC(=O)c1cc(-c2cccc(F)c2)n(-c2ccc(S(N)(=O)=O)cc2)n1)c1ccccc1. The molecule has 10 nitrogen and oxygen atoms in total. The van der Waals surface area contributed by atoms with Crippen LogP contribution < -0.4 is 10.5 Å². The van der Waals surface area contributed by atoms with Crippen molar-refractivity contribution in [1.82, 2.24) is 15.1 Å². The molecule has 0 spiro atoms. The number of primary sulfonamides is 1. The average molecular weight is 587 g/mol. The molecule has 1 unspecified atom stereocenters. The summed E-state index contributed by atoms with van der Waals surface area (Å²) in [5, 5.41) is 12.4. The van der Waals surface area contributed by atoms with Crippen LogP contribution >= 0.6 is 7.60 Å². The first-order chi connectivity index (χ1) is 19.1. The number of nitrogens with one attached hydrogen (secondary N) is 1. The van der Waals surface area contributed by atoms with E-state index in [1.165, 1.54) is 53.2 Å². The molecule has 210 valence electrons. The highest BCUT2D eigenvalue weighted by molar-refractivity contribution is 7.89. The third kappa shape index (κ3) is 6.55. The number of sulfonamides is 1. The molecule has 0 aliphatic heterocycles. The van der Waals surface area contributed by atoms with Gasteiger partial charge in [-0.15, -0.1) is 0 Å². The maximum atomic E-state index is 14.1. The molecule has 3 N–H and O–H groups in total. The van der Waals surface area contributed by atoms with Gasteiger partial charge in [-0.05, 0) is 61.9 Å². The van der Waals surface area contributed by atoms with Gasteiger partial charge < -0.3 is 14.4 Å². The van der Waals surface area contributed by atoms with Gasteiger partial charge in [-0.2, -0.15) is 5.10 Å². The molecule has 3 aromatic carbocycles. The van der Waals surface area contributed by atoms with Crippen molar-refractivity contribution in [3.05, 3.63) is 102 Å². The van der Waals surface area contributed by atoms with Crippen molar-refractivity contribution >= 4 is 23.5 Å². The van der Waals surface area contributed by atoms with Gasteiger partial charge in [-0.3, -0.25) is 9.36 Å². The van der Waals surface area contributed by atoms with E-state index in [0.29, 0.717) is 22.5 Å². The van der Waals surface area contributed by atoms with Gasteiger partial charge in [0.15, 0.2) is 11.5 Å². The van der Waals surface area contributed by atoms with Crippen LogP contribution in [0.3, 0.4) is 0 Å². The van der Waals surface area contributed by atoms with Gasteiger partial charge in [-0.1, -0.05) is 42.5 Å². The number of amides is 1. The molecule has 0 radical (unpaired) electrons. The van der Waals surface area contributed by atoms with E-state index in [1.54, 1.807) is 50.2 Å². The van der Waals surface area contributed by atoms with E-state index in [-0.39, 0.29) is 23.8 Å². The first kappa shape index (κ1) is 29.3. The van der Waals surface area contributed by atoms with E-state index in [0.717, 1.165) is 0 Å². The van der Waals surface area contributed by atoms with Gasteiger partial charge in [0, 0.05) is 5.56 Å². The topological polar surface area (TPSA) is 143 Å². The van der Waals surface area contributed by atoms with Crippen molar-refractivity contribution in [3.8, 4) is 16.9 Å². The second-order valence-electron chi connectivity index (χ2n) is 8.54. The summed E-state index contributed by atoms with van der Waals surface area (Å²) < 4.78 is 63.7. The van der Waals surface area contributed by atoms with Crippen LogP contribution in [0.15, 0.2) is 89.8 Å². The molecule has 0 saturated carbocycles. The number of carbonyl (C=O) groups is 1. The Balaban J connectivity index is 1.79. The Morgan fingerprint density at radius 2 is 1.65 bits per heavy atom. The minimum Gasteiger partial charge on any atom is -0.333 e. The second-order valence-corrected chi connectivity index (χ2v) is 12.2. The highest BCUT2D eigenvalue weighted by Crippen LogP contribution is 2.59. The van der Waals surface area contributed by atoms with Gasteiger partial charge in [0.05, 0.1) is 29.5 Å². The van der Waals surface area contributed by atoms with E-state index in [4.69, 9.17) is 14.2 Å². The van der Waals surface area contributed by atoms with Gasteiger partial charge in [0.25, 0.3) is 5.91 Å². The fourth-order valence-electron chi connectivity index (χ4n) is 4.04. The summed E-state index contributed by atoms with van der Waals surface area (Å²) in [6.07, 6.45) is 0. The molecule has 0 aliphatic rings. The molecule has 4 rings (SSSR count). The van der Waals surface area contributed by atoms with Gasteiger partial charge in [-0.25, -0.2) is 22.6 Å². The van der Waals surface area contributed by atoms with Crippen LogP contribution in [0.5, 0.6) is 0 Å². The highest BCUT2D eigenvalue weighted by Gasteiger charge is 2.38. The van der Waals surface area contributed by atoms with E-state index in [2.05, 4.69) is 10.4 Å². The predicted molar refractivity (Wildman–Crippen MR) is 148 cm³/mol. The maximum Gasteiger partial charge on any atom is 0.357 e. The number of carbonyl (C=O) groups excluding carboxylic acids is 1. The van der Waals surface area contributed by atoms with E-state index in [9.17, 15) is 22.2 Å². The standard InChI is InChI=1S/C27H28FN4O6PS/c1-3-37-39(34,38-4-2)27(19-9-6-5-7-10-19)30-26(33)24-18-25(20-11-8-12-21(28)17-20)32(31-24)22-13-15-23(16-14-22)40(29,35)36/h5-18,27H,3-4H2,1-2H3,(H,30,33)(H2,29,35,36). The first-order valence-electron chi connectivity index (χ1n) is 12.3. The molecular weight excluding hydrogens is 558 g/mol. The number of hydrogen-bond acceptors (Lipinski definition) is 7. The molecule has 4 aromatic rings. The van der Waals surface area contributed by atoms with Crippen molar-refractivity contribution in [1.29, 1.82) is 0 Å². The molecule has 0 fully saturated rings. The lowest BCUT2D eigenvalue weighted by atomic mass is 10.1. The number of benzene rings is 3. The number of nitrogens with zero attached hydrogens (tertiary/aromatic N) is 2. The first-order valence-corrected chi connectivity index (χ1v) is 15.5. The van der Waals surface area contributed by atoms with Crippen LogP contribution in [-0.4, -0.2) is 37.3 Å². The minimum absolute atomic E-state index is 0.0738. The molecule has 0 saturated heterocycles. The molecule has 1 amide bonds. The van der Waals surface area contributed by atoms with Crippen molar-refractivity contribution in [3.63, 3.8) is 0 Å². The lowest BCUT2D eigenvalue weighted by Crippen LogP contribution is -2.30. The summed E-state index contributed by atoms with van der Waals surface area (Å²) in [7, 11) is -7.79. The molecule has 0 aliphatic carbocycles. The lowest BCUT2D eigenvalue weighted by molar-refractivity contribution is 0.0931. The summed E-state index contributed by atoms with van der Waals surface area (Å²) in [6.45, 7) is 3.51.